The van der Waals surface area contributed by atoms with Gasteiger partial charge in [-0.25, -0.2) is 0 Å². The number of nitrogens with one attached hydrogen (secondary N) is 1. The lowest BCUT2D eigenvalue weighted by Crippen LogP contribution is -2.32. The van der Waals surface area contributed by atoms with Crippen molar-refractivity contribution in [2.45, 2.75) is 25.8 Å². The summed E-state index contributed by atoms with van der Waals surface area (Å²) in [4.78, 5) is 0. The molecule has 2 aromatic carbocycles. The molecular weight excluding hydrogens is 256 g/mol. The van der Waals surface area contributed by atoms with Gasteiger partial charge in [0.25, 0.3) is 5.92 Å². The Morgan fingerprint density at radius 1 is 1.00 bits per heavy atom. The highest BCUT2D eigenvalue weighted by molar-refractivity contribution is 5.28. The molecule has 20 heavy (non-hydrogen) atoms. The molecule has 0 saturated heterocycles. The highest BCUT2D eigenvalue weighted by atomic mass is 19.3. The van der Waals surface area contributed by atoms with E-state index in [2.05, 4.69) is 5.32 Å². The third-order valence-corrected chi connectivity index (χ3v) is 3.48. The Hall–Kier alpha value is -1.74. The molecule has 1 atom stereocenters. The molecule has 1 unspecified atom stereocenters. The number of alkyl halides is 2. The van der Waals surface area contributed by atoms with Gasteiger partial charge in [0.05, 0.1) is 6.54 Å². The minimum Gasteiger partial charge on any atom is -0.304 e. The fraction of sp³-hybridized carbons (Fsp3) is 0.294. The Labute approximate surface area is 118 Å². The smallest absolute Gasteiger partial charge is 0.285 e. The van der Waals surface area contributed by atoms with Crippen LogP contribution in [0.15, 0.2) is 54.6 Å². The molecule has 1 N–H and O–H groups in total. The highest BCUT2D eigenvalue weighted by Gasteiger charge is 2.31. The maximum absolute atomic E-state index is 14.1. The van der Waals surface area contributed by atoms with Crippen LogP contribution in [0.5, 0.6) is 0 Å². The van der Waals surface area contributed by atoms with Crippen molar-refractivity contribution in [1.82, 2.24) is 5.32 Å². The first kappa shape index (κ1) is 14.7. The number of hydrogen-bond acceptors (Lipinski definition) is 1. The summed E-state index contributed by atoms with van der Waals surface area (Å²) in [5.74, 6) is -2.86. The van der Waals surface area contributed by atoms with Crippen molar-refractivity contribution in [1.29, 1.82) is 0 Å². The van der Waals surface area contributed by atoms with Gasteiger partial charge in [-0.2, -0.15) is 8.78 Å². The second-order valence-corrected chi connectivity index (χ2v) is 5.03. The Balaban J connectivity index is 2.03. The second-order valence-electron chi connectivity index (χ2n) is 5.03. The van der Waals surface area contributed by atoms with Crippen LogP contribution < -0.4 is 5.32 Å². The first-order chi connectivity index (χ1) is 9.50. The molecule has 1 nitrogen and oxygen atoms in total. The molecular formula is C17H19F2N. The molecule has 0 bridgehead atoms. The zero-order valence-corrected chi connectivity index (χ0v) is 11.7. The first-order valence-corrected chi connectivity index (χ1v) is 6.73. The first-order valence-electron chi connectivity index (χ1n) is 6.73. The minimum atomic E-state index is -2.86. The third kappa shape index (κ3) is 3.42. The van der Waals surface area contributed by atoms with Gasteiger partial charge in [-0.05, 0) is 25.0 Å². The summed E-state index contributed by atoms with van der Waals surface area (Å²) in [5.41, 5.74) is 2.20. The summed E-state index contributed by atoms with van der Waals surface area (Å²) >= 11 is 0. The van der Waals surface area contributed by atoms with Gasteiger partial charge in [0.2, 0.25) is 0 Å². The molecule has 0 aliphatic rings. The quantitative estimate of drug-likeness (QED) is 0.850. The monoisotopic (exact) mass is 275 g/mol. The number of rotatable bonds is 5. The Morgan fingerprint density at radius 3 is 2.25 bits per heavy atom. The Morgan fingerprint density at radius 2 is 1.60 bits per heavy atom. The summed E-state index contributed by atoms with van der Waals surface area (Å²) in [5, 5.41) is 2.93. The van der Waals surface area contributed by atoms with Gasteiger partial charge in [0.1, 0.15) is 0 Å². The summed E-state index contributed by atoms with van der Waals surface area (Å²) in [6.45, 7) is 3.53. The fourth-order valence-corrected chi connectivity index (χ4v) is 2.25. The second kappa shape index (κ2) is 6.14. The zero-order chi connectivity index (χ0) is 14.6. The predicted octanol–water partition coefficient (Wildman–Crippen LogP) is 4.44. The SMILES string of the molecule is Cc1ccccc1C(C)NCC(F)(F)c1ccccc1. The molecule has 0 aliphatic heterocycles. The summed E-state index contributed by atoms with van der Waals surface area (Å²) in [6.07, 6.45) is 0. The molecule has 106 valence electrons. The van der Waals surface area contributed by atoms with E-state index in [9.17, 15) is 8.78 Å². The van der Waals surface area contributed by atoms with Crippen LogP contribution in [0.4, 0.5) is 8.78 Å². The van der Waals surface area contributed by atoms with Crippen LogP contribution in [-0.2, 0) is 5.92 Å². The van der Waals surface area contributed by atoms with Gasteiger partial charge >= 0.3 is 0 Å². The van der Waals surface area contributed by atoms with Crippen molar-refractivity contribution in [3.63, 3.8) is 0 Å². The maximum atomic E-state index is 14.1. The molecule has 0 heterocycles. The van der Waals surface area contributed by atoms with E-state index in [1.54, 1.807) is 18.2 Å². The Bertz CT molecular complexity index is 552. The fourth-order valence-electron chi connectivity index (χ4n) is 2.25. The van der Waals surface area contributed by atoms with Crippen molar-refractivity contribution >= 4 is 0 Å². The number of aryl methyl sites for hydroxylation is 1. The van der Waals surface area contributed by atoms with E-state index in [4.69, 9.17) is 0 Å². The zero-order valence-electron chi connectivity index (χ0n) is 11.7. The van der Waals surface area contributed by atoms with Crippen molar-refractivity contribution in [2.24, 2.45) is 0 Å². The van der Waals surface area contributed by atoms with Crippen LogP contribution in [0.3, 0.4) is 0 Å². The van der Waals surface area contributed by atoms with E-state index in [1.807, 2.05) is 38.1 Å². The van der Waals surface area contributed by atoms with E-state index in [0.29, 0.717) is 0 Å². The standard InChI is InChI=1S/C17H19F2N/c1-13-8-6-7-11-16(13)14(2)20-12-17(18,19)15-9-4-3-5-10-15/h3-11,14,20H,12H2,1-2H3. The van der Waals surface area contributed by atoms with Crippen molar-refractivity contribution in [3.8, 4) is 0 Å². The van der Waals surface area contributed by atoms with E-state index < -0.39 is 5.92 Å². The number of benzene rings is 2. The molecule has 3 heteroatoms. The molecule has 0 radical (unpaired) electrons. The van der Waals surface area contributed by atoms with Gasteiger partial charge in [-0.1, -0.05) is 54.6 Å². The molecule has 0 amide bonds. The van der Waals surface area contributed by atoms with Crippen LogP contribution in [0.2, 0.25) is 0 Å². The van der Waals surface area contributed by atoms with Crippen LogP contribution in [0, 0.1) is 6.92 Å². The Kier molecular flexibility index (Phi) is 4.50. The van der Waals surface area contributed by atoms with Gasteiger partial charge < -0.3 is 5.32 Å². The topological polar surface area (TPSA) is 12.0 Å². The van der Waals surface area contributed by atoms with Crippen LogP contribution in [0.1, 0.15) is 29.7 Å². The number of hydrogen-bond donors (Lipinski definition) is 1. The summed E-state index contributed by atoms with van der Waals surface area (Å²) in [6, 6.07) is 15.6. The van der Waals surface area contributed by atoms with E-state index in [-0.39, 0.29) is 18.2 Å². The third-order valence-electron chi connectivity index (χ3n) is 3.48. The van der Waals surface area contributed by atoms with E-state index in [1.165, 1.54) is 12.1 Å². The normalized spacial score (nSPS) is 13.2. The average Bonchev–Trinajstić information content (AvgIpc) is 2.46. The maximum Gasteiger partial charge on any atom is 0.285 e. The van der Waals surface area contributed by atoms with Crippen molar-refractivity contribution in [2.75, 3.05) is 6.54 Å². The van der Waals surface area contributed by atoms with E-state index in [0.717, 1.165) is 11.1 Å². The molecule has 0 fully saturated rings. The van der Waals surface area contributed by atoms with Gasteiger partial charge in [-0.15, -0.1) is 0 Å². The highest BCUT2D eigenvalue weighted by Crippen LogP contribution is 2.28. The molecule has 0 spiro atoms. The average molecular weight is 275 g/mol. The number of halogens is 2. The van der Waals surface area contributed by atoms with E-state index >= 15 is 0 Å². The van der Waals surface area contributed by atoms with Crippen molar-refractivity contribution in [3.05, 3.63) is 71.3 Å². The molecule has 0 saturated carbocycles. The van der Waals surface area contributed by atoms with Crippen LogP contribution >= 0.6 is 0 Å². The predicted molar refractivity (Wildman–Crippen MR) is 77.9 cm³/mol. The molecule has 2 rings (SSSR count). The summed E-state index contributed by atoms with van der Waals surface area (Å²) < 4.78 is 28.1. The van der Waals surface area contributed by atoms with Gasteiger partial charge in [0, 0.05) is 11.6 Å². The minimum absolute atomic E-state index is 0.0458. The van der Waals surface area contributed by atoms with Gasteiger partial charge in [-0.3, -0.25) is 0 Å². The summed E-state index contributed by atoms with van der Waals surface area (Å²) in [7, 11) is 0. The lowest BCUT2D eigenvalue weighted by molar-refractivity contribution is -0.00535. The molecule has 0 aliphatic carbocycles. The largest absolute Gasteiger partial charge is 0.304 e. The lowest BCUT2D eigenvalue weighted by atomic mass is 10.0. The lowest BCUT2D eigenvalue weighted by Gasteiger charge is -2.22. The van der Waals surface area contributed by atoms with Gasteiger partial charge in [0.15, 0.2) is 0 Å². The van der Waals surface area contributed by atoms with Crippen LogP contribution in [-0.4, -0.2) is 6.54 Å². The molecule has 2 aromatic rings. The van der Waals surface area contributed by atoms with Crippen LogP contribution in [0.25, 0.3) is 0 Å². The molecule has 0 aromatic heterocycles. The van der Waals surface area contributed by atoms with Crippen molar-refractivity contribution < 1.29 is 8.78 Å².